The van der Waals surface area contributed by atoms with Gasteiger partial charge in [-0.25, -0.2) is 4.98 Å². The molecule has 7 nitrogen and oxygen atoms in total. The molecule has 2 aromatic heterocycles. The summed E-state index contributed by atoms with van der Waals surface area (Å²) in [6.45, 7) is 5.21. The minimum absolute atomic E-state index is 0.183. The highest BCUT2D eigenvalue weighted by atomic mass is 16.5. The lowest BCUT2D eigenvalue weighted by molar-refractivity contribution is 0.0946. The quantitative estimate of drug-likeness (QED) is 0.469. The van der Waals surface area contributed by atoms with Gasteiger partial charge in [0, 0.05) is 25.5 Å². The Balaban J connectivity index is 1.36. The molecule has 0 saturated heterocycles. The lowest BCUT2D eigenvalue weighted by atomic mass is 10.1. The van der Waals surface area contributed by atoms with Gasteiger partial charge in [0.25, 0.3) is 5.91 Å². The number of ether oxygens (including phenoxy) is 1. The van der Waals surface area contributed by atoms with E-state index in [2.05, 4.69) is 27.6 Å². The standard InChI is InChI=1S/C24H24N4O3/c1-17-22(18(2)31-27-17)15-30-23-6-4-3-5-21(23)24(29)26-13-19-7-9-20(10-8-19)14-28-12-11-25-16-28/h3-12,16H,13-15H2,1-2H3,(H,26,29). The summed E-state index contributed by atoms with van der Waals surface area (Å²) < 4.78 is 13.1. The van der Waals surface area contributed by atoms with E-state index >= 15 is 0 Å². The lowest BCUT2D eigenvalue weighted by Crippen LogP contribution is -2.23. The van der Waals surface area contributed by atoms with Gasteiger partial charge in [-0.05, 0) is 37.1 Å². The highest BCUT2D eigenvalue weighted by Gasteiger charge is 2.14. The average Bonchev–Trinajstić information content (AvgIpc) is 3.41. The van der Waals surface area contributed by atoms with Gasteiger partial charge in [0.2, 0.25) is 0 Å². The van der Waals surface area contributed by atoms with E-state index in [1.54, 1.807) is 24.7 Å². The van der Waals surface area contributed by atoms with Crippen LogP contribution in [0.4, 0.5) is 0 Å². The maximum Gasteiger partial charge on any atom is 0.255 e. The van der Waals surface area contributed by atoms with E-state index in [1.165, 1.54) is 5.56 Å². The van der Waals surface area contributed by atoms with Gasteiger partial charge in [-0.15, -0.1) is 0 Å². The van der Waals surface area contributed by atoms with E-state index in [0.717, 1.165) is 29.1 Å². The van der Waals surface area contributed by atoms with Crippen LogP contribution >= 0.6 is 0 Å². The van der Waals surface area contributed by atoms with Crippen molar-refractivity contribution in [3.8, 4) is 5.75 Å². The second-order valence-electron chi connectivity index (χ2n) is 7.32. The lowest BCUT2D eigenvalue weighted by Gasteiger charge is -2.12. The van der Waals surface area contributed by atoms with E-state index in [4.69, 9.17) is 9.26 Å². The molecule has 0 radical (unpaired) electrons. The summed E-state index contributed by atoms with van der Waals surface area (Å²) in [4.78, 5) is 16.8. The van der Waals surface area contributed by atoms with E-state index in [9.17, 15) is 4.79 Å². The van der Waals surface area contributed by atoms with Crippen molar-refractivity contribution < 1.29 is 14.1 Å². The molecule has 0 aliphatic carbocycles. The molecular weight excluding hydrogens is 392 g/mol. The van der Waals surface area contributed by atoms with Gasteiger partial charge in [-0.1, -0.05) is 41.6 Å². The van der Waals surface area contributed by atoms with Crippen LogP contribution in [0.15, 0.2) is 71.8 Å². The molecule has 0 bridgehead atoms. The monoisotopic (exact) mass is 416 g/mol. The Hall–Kier alpha value is -3.87. The van der Waals surface area contributed by atoms with Gasteiger partial charge in [-0.3, -0.25) is 4.79 Å². The first-order chi connectivity index (χ1) is 15.1. The Morgan fingerprint density at radius 1 is 1.10 bits per heavy atom. The third kappa shape index (κ3) is 5.01. The third-order valence-corrected chi connectivity index (χ3v) is 5.09. The third-order valence-electron chi connectivity index (χ3n) is 5.09. The summed E-state index contributed by atoms with van der Waals surface area (Å²) in [5, 5.41) is 6.91. The van der Waals surface area contributed by atoms with Crippen LogP contribution in [0.1, 0.15) is 38.5 Å². The molecule has 1 N–H and O–H groups in total. The molecule has 0 spiro atoms. The number of hydrogen-bond acceptors (Lipinski definition) is 5. The van der Waals surface area contributed by atoms with E-state index in [1.807, 2.05) is 48.9 Å². The Bertz CT molecular complexity index is 1130. The van der Waals surface area contributed by atoms with Gasteiger partial charge < -0.3 is 19.1 Å². The summed E-state index contributed by atoms with van der Waals surface area (Å²) in [5.74, 6) is 1.06. The number of rotatable bonds is 8. The highest BCUT2D eigenvalue weighted by molar-refractivity contribution is 5.96. The number of para-hydroxylation sites is 1. The van der Waals surface area contributed by atoms with Crippen molar-refractivity contribution in [2.75, 3.05) is 0 Å². The van der Waals surface area contributed by atoms with Crippen LogP contribution in [0.2, 0.25) is 0 Å². The first-order valence-electron chi connectivity index (χ1n) is 10.1. The van der Waals surface area contributed by atoms with Gasteiger partial charge in [0.05, 0.1) is 23.1 Å². The van der Waals surface area contributed by atoms with Crippen LogP contribution in [0.5, 0.6) is 5.75 Å². The Morgan fingerprint density at radius 2 is 1.87 bits per heavy atom. The van der Waals surface area contributed by atoms with Crippen LogP contribution in [-0.4, -0.2) is 20.6 Å². The Morgan fingerprint density at radius 3 is 2.58 bits per heavy atom. The number of benzene rings is 2. The zero-order valence-electron chi connectivity index (χ0n) is 17.5. The number of carbonyl (C=O) groups excluding carboxylic acids is 1. The summed E-state index contributed by atoms with van der Waals surface area (Å²) in [7, 11) is 0. The summed E-state index contributed by atoms with van der Waals surface area (Å²) in [6, 6.07) is 15.4. The predicted molar refractivity (Wildman–Crippen MR) is 116 cm³/mol. The number of carbonyl (C=O) groups is 1. The molecule has 158 valence electrons. The molecule has 4 rings (SSSR count). The van der Waals surface area contributed by atoms with Crippen LogP contribution in [0.25, 0.3) is 0 Å². The molecule has 2 aromatic carbocycles. The molecule has 0 atom stereocenters. The summed E-state index contributed by atoms with van der Waals surface area (Å²) in [6.07, 6.45) is 5.48. The molecule has 31 heavy (non-hydrogen) atoms. The van der Waals surface area contributed by atoms with Crippen molar-refractivity contribution in [3.63, 3.8) is 0 Å². The Labute approximate surface area is 180 Å². The fourth-order valence-electron chi connectivity index (χ4n) is 3.27. The average molecular weight is 416 g/mol. The van der Waals surface area contributed by atoms with Crippen molar-refractivity contribution in [2.24, 2.45) is 0 Å². The molecule has 0 saturated carbocycles. The van der Waals surface area contributed by atoms with Gasteiger partial charge in [0.1, 0.15) is 18.1 Å². The maximum absolute atomic E-state index is 12.8. The molecule has 4 aromatic rings. The van der Waals surface area contributed by atoms with E-state index in [-0.39, 0.29) is 5.91 Å². The smallest absolute Gasteiger partial charge is 0.255 e. The molecule has 0 unspecified atom stereocenters. The number of nitrogens with zero attached hydrogens (tertiary/aromatic N) is 3. The van der Waals surface area contributed by atoms with Crippen LogP contribution in [0.3, 0.4) is 0 Å². The number of imidazole rings is 1. The first kappa shape index (κ1) is 20.4. The molecule has 0 aliphatic heterocycles. The minimum Gasteiger partial charge on any atom is -0.488 e. The molecule has 2 heterocycles. The number of nitrogens with one attached hydrogen (secondary N) is 1. The van der Waals surface area contributed by atoms with Crippen molar-refractivity contribution >= 4 is 5.91 Å². The van der Waals surface area contributed by atoms with Gasteiger partial charge in [-0.2, -0.15) is 0 Å². The molecule has 0 fully saturated rings. The van der Waals surface area contributed by atoms with Gasteiger partial charge in [0.15, 0.2) is 0 Å². The van der Waals surface area contributed by atoms with E-state index < -0.39 is 0 Å². The first-order valence-corrected chi connectivity index (χ1v) is 10.1. The van der Waals surface area contributed by atoms with Gasteiger partial charge >= 0.3 is 0 Å². The normalized spacial score (nSPS) is 10.8. The Kier molecular flexibility index (Phi) is 6.12. The fourth-order valence-corrected chi connectivity index (χ4v) is 3.27. The minimum atomic E-state index is -0.183. The second kappa shape index (κ2) is 9.30. The van der Waals surface area contributed by atoms with Crippen molar-refractivity contribution in [1.82, 2.24) is 20.0 Å². The largest absolute Gasteiger partial charge is 0.488 e. The SMILES string of the molecule is Cc1noc(C)c1COc1ccccc1C(=O)NCc1ccc(Cn2ccnc2)cc1. The van der Waals surface area contributed by atoms with Crippen molar-refractivity contribution in [1.29, 1.82) is 0 Å². The fraction of sp³-hybridized carbons (Fsp3) is 0.208. The van der Waals surface area contributed by atoms with Crippen LogP contribution < -0.4 is 10.1 Å². The van der Waals surface area contributed by atoms with E-state index in [0.29, 0.717) is 24.5 Å². The molecular formula is C24H24N4O3. The second-order valence-corrected chi connectivity index (χ2v) is 7.32. The zero-order chi connectivity index (χ0) is 21.6. The van der Waals surface area contributed by atoms with Crippen molar-refractivity contribution in [2.45, 2.75) is 33.5 Å². The maximum atomic E-state index is 12.8. The molecule has 7 heteroatoms. The number of amides is 1. The predicted octanol–water partition coefficient (Wildman–Crippen LogP) is 4.05. The number of aryl methyl sites for hydroxylation is 2. The summed E-state index contributed by atoms with van der Waals surface area (Å²) >= 11 is 0. The molecule has 1 amide bonds. The number of hydrogen-bond donors (Lipinski definition) is 1. The van der Waals surface area contributed by atoms with Crippen LogP contribution in [-0.2, 0) is 19.7 Å². The summed E-state index contributed by atoms with van der Waals surface area (Å²) in [5.41, 5.74) is 4.37. The molecule has 0 aliphatic rings. The highest BCUT2D eigenvalue weighted by Crippen LogP contribution is 2.21. The zero-order valence-corrected chi connectivity index (χ0v) is 17.5. The van der Waals surface area contributed by atoms with Crippen molar-refractivity contribution in [3.05, 3.63) is 101 Å². The number of aromatic nitrogens is 3. The van der Waals surface area contributed by atoms with Crippen LogP contribution in [0, 0.1) is 13.8 Å². The topological polar surface area (TPSA) is 82.2 Å².